The molecule has 2 aromatic carbocycles. The van der Waals surface area contributed by atoms with E-state index in [0.29, 0.717) is 24.4 Å². The molecule has 0 bridgehead atoms. The Balaban J connectivity index is 2.01. The summed E-state index contributed by atoms with van der Waals surface area (Å²) in [5, 5.41) is 2.77. The number of unbranched alkanes of at least 4 members (excludes halogenated alkanes) is 1. The van der Waals surface area contributed by atoms with Gasteiger partial charge in [-0.25, -0.2) is 13.1 Å². The predicted octanol–water partition coefficient (Wildman–Crippen LogP) is 3.42. The van der Waals surface area contributed by atoms with Gasteiger partial charge in [0, 0.05) is 17.8 Å². The third-order valence-corrected chi connectivity index (χ3v) is 5.15. The van der Waals surface area contributed by atoms with Gasteiger partial charge >= 0.3 is 0 Å². The van der Waals surface area contributed by atoms with Crippen molar-refractivity contribution in [3.05, 3.63) is 54.1 Å². The van der Waals surface area contributed by atoms with Crippen LogP contribution in [0.2, 0.25) is 0 Å². The molecule has 2 N–H and O–H groups in total. The molecule has 2 aromatic rings. The Morgan fingerprint density at radius 2 is 1.65 bits per heavy atom. The summed E-state index contributed by atoms with van der Waals surface area (Å²) in [6, 6.07) is 12.9. The highest BCUT2D eigenvalue weighted by atomic mass is 32.2. The fourth-order valence-corrected chi connectivity index (χ4v) is 3.33. The van der Waals surface area contributed by atoms with E-state index in [1.807, 2.05) is 13.8 Å². The molecule has 0 heterocycles. The molecule has 2 rings (SSSR count). The van der Waals surface area contributed by atoms with Crippen molar-refractivity contribution in [3.8, 4) is 5.75 Å². The Kier molecular flexibility index (Phi) is 7.17. The van der Waals surface area contributed by atoms with E-state index in [2.05, 4.69) is 10.0 Å². The number of sulfonamides is 1. The minimum atomic E-state index is -3.54. The number of hydrogen-bond acceptors (Lipinski definition) is 4. The summed E-state index contributed by atoms with van der Waals surface area (Å²) in [4.78, 5) is 12.4. The van der Waals surface area contributed by atoms with Crippen LogP contribution in [0, 0.1) is 0 Å². The van der Waals surface area contributed by atoms with Crippen LogP contribution < -0.4 is 14.8 Å². The van der Waals surface area contributed by atoms with E-state index >= 15 is 0 Å². The second kappa shape index (κ2) is 9.35. The molecule has 140 valence electrons. The number of rotatable bonds is 9. The summed E-state index contributed by atoms with van der Waals surface area (Å²) in [6.07, 6.45) is 1.69. The fourth-order valence-electron chi connectivity index (χ4n) is 2.26. The molecule has 0 spiro atoms. The Hall–Kier alpha value is -2.38. The number of ether oxygens (including phenoxy) is 1. The molecule has 0 aliphatic rings. The van der Waals surface area contributed by atoms with Gasteiger partial charge in [0.25, 0.3) is 5.91 Å². The van der Waals surface area contributed by atoms with Gasteiger partial charge in [-0.2, -0.15) is 0 Å². The zero-order chi connectivity index (χ0) is 19.0. The van der Waals surface area contributed by atoms with Gasteiger partial charge in [-0.1, -0.05) is 13.3 Å². The molecule has 0 fully saturated rings. The van der Waals surface area contributed by atoms with E-state index in [9.17, 15) is 13.2 Å². The van der Waals surface area contributed by atoms with Gasteiger partial charge in [0.15, 0.2) is 0 Å². The van der Waals surface area contributed by atoms with E-state index in [1.165, 1.54) is 24.3 Å². The largest absolute Gasteiger partial charge is 0.494 e. The molecule has 0 radical (unpaired) electrons. The number of hydrogen-bond donors (Lipinski definition) is 2. The van der Waals surface area contributed by atoms with Crippen LogP contribution in [0.3, 0.4) is 0 Å². The van der Waals surface area contributed by atoms with E-state index < -0.39 is 10.0 Å². The molecular formula is C19H24N2O4S. The molecule has 1 amide bonds. The average molecular weight is 376 g/mol. The van der Waals surface area contributed by atoms with Gasteiger partial charge < -0.3 is 10.1 Å². The Morgan fingerprint density at radius 3 is 2.23 bits per heavy atom. The van der Waals surface area contributed by atoms with Crippen LogP contribution in [-0.2, 0) is 10.0 Å². The van der Waals surface area contributed by atoms with Gasteiger partial charge in [-0.05, 0) is 61.9 Å². The van der Waals surface area contributed by atoms with Gasteiger partial charge in [0.1, 0.15) is 5.75 Å². The molecule has 0 saturated carbocycles. The number of nitrogens with one attached hydrogen (secondary N) is 2. The second-order valence-electron chi connectivity index (χ2n) is 5.69. The molecule has 0 atom stereocenters. The Labute approximate surface area is 154 Å². The van der Waals surface area contributed by atoms with Crippen LogP contribution in [0.1, 0.15) is 37.0 Å². The van der Waals surface area contributed by atoms with E-state index in [4.69, 9.17) is 4.74 Å². The quantitative estimate of drug-likeness (QED) is 0.657. The lowest BCUT2D eigenvalue weighted by atomic mass is 10.2. The fraction of sp³-hybridized carbons (Fsp3) is 0.316. The predicted molar refractivity (Wildman–Crippen MR) is 102 cm³/mol. The summed E-state index contributed by atoms with van der Waals surface area (Å²) in [5.41, 5.74) is 1.02. The number of anilines is 1. The van der Waals surface area contributed by atoms with Gasteiger partial charge in [-0.3, -0.25) is 4.79 Å². The van der Waals surface area contributed by atoms with Crippen LogP contribution in [0.4, 0.5) is 5.69 Å². The first-order valence-electron chi connectivity index (χ1n) is 8.60. The number of carbonyl (C=O) groups is 1. The Bertz CT molecular complexity index is 816. The normalized spacial score (nSPS) is 11.2. The lowest BCUT2D eigenvalue weighted by Gasteiger charge is -2.09. The smallest absolute Gasteiger partial charge is 0.255 e. The molecule has 6 nitrogen and oxygen atoms in total. The minimum absolute atomic E-state index is 0.145. The highest BCUT2D eigenvalue weighted by Crippen LogP contribution is 2.17. The molecule has 0 aromatic heterocycles. The van der Waals surface area contributed by atoms with Crippen molar-refractivity contribution in [2.45, 2.75) is 31.6 Å². The summed E-state index contributed by atoms with van der Waals surface area (Å²) < 4.78 is 32.2. The number of amides is 1. The zero-order valence-corrected chi connectivity index (χ0v) is 15.8. The minimum Gasteiger partial charge on any atom is -0.494 e. The summed E-state index contributed by atoms with van der Waals surface area (Å²) in [6.45, 7) is 4.87. The lowest BCUT2D eigenvalue weighted by Crippen LogP contribution is -2.24. The number of benzene rings is 2. The summed E-state index contributed by atoms with van der Waals surface area (Å²) >= 11 is 0. The first-order valence-corrected chi connectivity index (χ1v) is 10.1. The maximum absolute atomic E-state index is 12.3. The van der Waals surface area contributed by atoms with Crippen molar-refractivity contribution in [2.75, 3.05) is 18.5 Å². The van der Waals surface area contributed by atoms with E-state index in [1.54, 1.807) is 24.3 Å². The van der Waals surface area contributed by atoms with Crippen LogP contribution in [0.5, 0.6) is 5.75 Å². The molecule has 0 unspecified atom stereocenters. The second-order valence-corrected chi connectivity index (χ2v) is 7.45. The molecule has 0 aliphatic carbocycles. The first kappa shape index (κ1) is 19.9. The topological polar surface area (TPSA) is 84.5 Å². The first-order chi connectivity index (χ1) is 12.5. The highest BCUT2D eigenvalue weighted by Gasteiger charge is 2.14. The third kappa shape index (κ3) is 5.57. The van der Waals surface area contributed by atoms with Crippen molar-refractivity contribution < 1.29 is 17.9 Å². The van der Waals surface area contributed by atoms with Crippen molar-refractivity contribution in [1.82, 2.24) is 4.72 Å². The maximum Gasteiger partial charge on any atom is 0.255 e. The monoisotopic (exact) mass is 376 g/mol. The molecule has 26 heavy (non-hydrogen) atoms. The summed E-state index contributed by atoms with van der Waals surface area (Å²) in [5.74, 6) is 0.424. The summed E-state index contributed by atoms with van der Waals surface area (Å²) in [7, 11) is -3.54. The van der Waals surface area contributed by atoms with Crippen LogP contribution in [0.25, 0.3) is 0 Å². The van der Waals surface area contributed by atoms with Crippen molar-refractivity contribution in [3.63, 3.8) is 0 Å². The van der Waals surface area contributed by atoms with E-state index in [-0.39, 0.29) is 10.8 Å². The SMILES string of the molecule is CCCCNS(=O)(=O)c1ccc(C(=O)Nc2ccc(OCC)cc2)cc1. The molecule has 0 saturated heterocycles. The maximum atomic E-state index is 12.3. The van der Waals surface area contributed by atoms with E-state index in [0.717, 1.165) is 18.6 Å². The zero-order valence-electron chi connectivity index (χ0n) is 15.0. The molecule has 0 aliphatic heterocycles. The van der Waals surface area contributed by atoms with Crippen molar-refractivity contribution in [2.24, 2.45) is 0 Å². The average Bonchev–Trinajstić information content (AvgIpc) is 2.64. The standard InChI is InChI=1S/C19H24N2O4S/c1-3-5-14-20-26(23,24)18-12-6-15(7-13-18)19(22)21-16-8-10-17(11-9-16)25-4-2/h6-13,20H,3-5,14H2,1-2H3,(H,21,22). The van der Waals surface area contributed by atoms with Gasteiger partial charge in [-0.15, -0.1) is 0 Å². The lowest BCUT2D eigenvalue weighted by molar-refractivity contribution is 0.102. The van der Waals surface area contributed by atoms with Gasteiger partial charge in [0.05, 0.1) is 11.5 Å². The van der Waals surface area contributed by atoms with Crippen molar-refractivity contribution in [1.29, 1.82) is 0 Å². The number of carbonyl (C=O) groups excluding carboxylic acids is 1. The Morgan fingerprint density at radius 1 is 1.00 bits per heavy atom. The van der Waals surface area contributed by atoms with Crippen LogP contribution in [-0.4, -0.2) is 27.5 Å². The molecule has 7 heteroatoms. The highest BCUT2D eigenvalue weighted by molar-refractivity contribution is 7.89. The van der Waals surface area contributed by atoms with Gasteiger partial charge in [0.2, 0.25) is 10.0 Å². The van der Waals surface area contributed by atoms with Crippen LogP contribution in [0.15, 0.2) is 53.4 Å². The van der Waals surface area contributed by atoms with Crippen LogP contribution >= 0.6 is 0 Å². The molecular weight excluding hydrogens is 352 g/mol. The third-order valence-electron chi connectivity index (χ3n) is 3.67. The van der Waals surface area contributed by atoms with Crippen molar-refractivity contribution >= 4 is 21.6 Å².